The van der Waals surface area contributed by atoms with Gasteiger partial charge in [0, 0.05) is 22.9 Å². The van der Waals surface area contributed by atoms with Crippen LogP contribution in [0.4, 0.5) is 0 Å². The van der Waals surface area contributed by atoms with Gasteiger partial charge in [0.15, 0.2) is 0 Å². The van der Waals surface area contributed by atoms with Crippen LogP contribution in [0.15, 0.2) is 84.0 Å². The molecule has 1 aliphatic rings. The lowest BCUT2D eigenvalue weighted by Gasteiger charge is -2.36. The van der Waals surface area contributed by atoms with Crippen molar-refractivity contribution in [3.05, 3.63) is 106 Å². The summed E-state index contributed by atoms with van der Waals surface area (Å²) >= 11 is 12.8. The summed E-state index contributed by atoms with van der Waals surface area (Å²) in [5.74, 6) is -0.244. The van der Waals surface area contributed by atoms with E-state index in [1.54, 1.807) is 6.07 Å². The van der Waals surface area contributed by atoms with Crippen LogP contribution in [-0.4, -0.2) is 23.4 Å². The van der Waals surface area contributed by atoms with E-state index in [-0.39, 0.29) is 11.8 Å². The molecule has 7 heteroatoms. The van der Waals surface area contributed by atoms with E-state index in [9.17, 15) is 4.79 Å². The lowest BCUT2D eigenvalue weighted by Crippen LogP contribution is -2.47. The molecule has 0 saturated carbocycles. The summed E-state index contributed by atoms with van der Waals surface area (Å²) in [5, 5.41) is 7.33. The molecule has 1 aliphatic heterocycles. The van der Waals surface area contributed by atoms with E-state index in [2.05, 4.69) is 0 Å². The van der Waals surface area contributed by atoms with E-state index in [0.717, 1.165) is 11.1 Å². The lowest BCUT2D eigenvalue weighted by molar-refractivity contribution is -0.156. The van der Waals surface area contributed by atoms with E-state index >= 15 is 0 Å². The number of hydrogen-bond donors (Lipinski definition) is 1. The van der Waals surface area contributed by atoms with Gasteiger partial charge in [-0.1, -0.05) is 90.8 Å². The quantitative estimate of drug-likeness (QED) is 0.417. The Bertz CT molecular complexity index is 1190. The maximum absolute atomic E-state index is 13.9. The molecular weight excluding hydrogens is 469 g/mol. The molecule has 0 saturated heterocycles. The van der Waals surface area contributed by atoms with E-state index in [1.807, 2.05) is 79.7 Å². The Morgan fingerprint density at radius 3 is 2.32 bits per heavy atom. The number of carbonyl (C=O) groups is 1. The van der Waals surface area contributed by atoms with Gasteiger partial charge in [-0.3, -0.25) is 4.79 Å². The summed E-state index contributed by atoms with van der Waals surface area (Å²) in [4.78, 5) is 13.9. The molecule has 4 rings (SSSR count). The van der Waals surface area contributed by atoms with Crippen molar-refractivity contribution in [2.24, 2.45) is 16.8 Å². The summed E-state index contributed by atoms with van der Waals surface area (Å²) < 4.78 is 6.55. The van der Waals surface area contributed by atoms with E-state index in [0.29, 0.717) is 47.3 Å². The van der Waals surface area contributed by atoms with E-state index in [1.165, 1.54) is 5.01 Å². The first-order valence-corrected chi connectivity index (χ1v) is 12.1. The molecule has 176 valence electrons. The zero-order valence-electron chi connectivity index (χ0n) is 19.0. The zero-order valence-corrected chi connectivity index (χ0v) is 20.5. The molecule has 0 bridgehead atoms. The first kappa shape index (κ1) is 24.3. The second-order valence-corrected chi connectivity index (χ2v) is 9.19. The number of amides is 1. The van der Waals surface area contributed by atoms with E-state index in [4.69, 9.17) is 38.8 Å². The van der Waals surface area contributed by atoms with Crippen molar-refractivity contribution >= 4 is 35.0 Å². The highest BCUT2D eigenvalue weighted by molar-refractivity contribution is 6.34. The highest BCUT2D eigenvalue weighted by atomic mass is 35.5. The van der Waals surface area contributed by atoms with Crippen molar-refractivity contribution in [1.82, 2.24) is 5.01 Å². The molecule has 2 atom stereocenters. The SMILES string of the molecule is CC(Cc1ccccc1Cl)C(=O)N1N=C(c2ccccc2Cl)OC1(CCCN)c1ccccc1. The van der Waals surface area contributed by atoms with Crippen LogP contribution >= 0.6 is 23.2 Å². The predicted molar refractivity (Wildman–Crippen MR) is 137 cm³/mol. The average Bonchev–Trinajstić information content (AvgIpc) is 3.25. The van der Waals surface area contributed by atoms with Gasteiger partial charge in [-0.15, -0.1) is 5.10 Å². The van der Waals surface area contributed by atoms with Crippen LogP contribution in [0.1, 0.15) is 36.5 Å². The van der Waals surface area contributed by atoms with Gasteiger partial charge in [0.1, 0.15) is 0 Å². The summed E-state index contributed by atoms with van der Waals surface area (Å²) in [6.07, 6.45) is 1.60. The van der Waals surface area contributed by atoms with Crippen LogP contribution in [-0.2, 0) is 21.7 Å². The minimum atomic E-state index is -1.12. The molecule has 1 heterocycles. The maximum atomic E-state index is 13.9. The monoisotopic (exact) mass is 495 g/mol. The molecule has 3 aromatic rings. The van der Waals surface area contributed by atoms with Gasteiger partial charge in [0.05, 0.1) is 10.6 Å². The Morgan fingerprint density at radius 2 is 1.65 bits per heavy atom. The van der Waals surface area contributed by atoms with Gasteiger partial charge in [-0.25, -0.2) is 0 Å². The first-order valence-electron chi connectivity index (χ1n) is 11.3. The number of nitrogens with zero attached hydrogens (tertiary/aromatic N) is 2. The van der Waals surface area contributed by atoms with Crippen LogP contribution in [0.25, 0.3) is 0 Å². The predicted octanol–water partition coefficient (Wildman–Crippen LogP) is 5.98. The third kappa shape index (κ3) is 4.83. The molecule has 0 fully saturated rings. The van der Waals surface area contributed by atoms with Crippen LogP contribution in [0.2, 0.25) is 10.0 Å². The topological polar surface area (TPSA) is 67.9 Å². The lowest BCUT2D eigenvalue weighted by atomic mass is 9.94. The van der Waals surface area contributed by atoms with Gasteiger partial charge < -0.3 is 10.5 Å². The van der Waals surface area contributed by atoms with Crippen molar-refractivity contribution in [2.45, 2.75) is 31.9 Å². The van der Waals surface area contributed by atoms with Crippen molar-refractivity contribution in [3.8, 4) is 0 Å². The van der Waals surface area contributed by atoms with Crippen molar-refractivity contribution in [2.75, 3.05) is 6.54 Å². The number of halogens is 2. The Balaban J connectivity index is 1.77. The van der Waals surface area contributed by atoms with Gasteiger partial charge in [0.25, 0.3) is 0 Å². The molecule has 0 radical (unpaired) electrons. The van der Waals surface area contributed by atoms with E-state index < -0.39 is 5.72 Å². The third-order valence-corrected chi connectivity index (χ3v) is 6.66. The van der Waals surface area contributed by atoms with Crippen LogP contribution in [0.3, 0.4) is 0 Å². The third-order valence-electron chi connectivity index (χ3n) is 5.96. The molecule has 5 nitrogen and oxygen atoms in total. The second-order valence-electron chi connectivity index (χ2n) is 8.38. The largest absolute Gasteiger partial charge is 0.443 e. The fourth-order valence-corrected chi connectivity index (χ4v) is 4.61. The average molecular weight is 496 g/mol. The van der Waals surface area contributed by atoms with Gasteiger partial charge in [-0.05, 0) is 43.1 Å². The fraction of sp³-hybridized carbons (Fsp3) is 0.259. The van der Waals surface area contributed by atoms with Crippen molar-refractivity contribution in [1.29, 1.82) is 0 Å². The van der Waals surface area contributed by atoms with Gasteiger partial charge in [-0.2, -0.15) is 5.01 Å². The number of nitrogens with two attached hydrogens (primary N) is 1. The smallest absolute Gasteiger partial charge is 0.249 e. The number of hydrogen-bond acceptors (Lipinski definition) is 4. The minimum Gasteiger partial charge on any atom is -0.443 e. The maximum Gasteiger partial charge on any atom is 0.249 e. The number of carbonyl (C=O) groups excluding carboxylic acids is 1. The summed E-state index contributed by atoms with van der Waals surface area (Å²) in [5.41, 5.74) is 7.12. The molecule has 2 unspecified atom stereocenters. The number of ether oxygens (including phenoxy) is 1. The molecule has 2 N–H and O–H groups in total. The molecular formula is C27H27Cl2N3O2. The zero-order chi connectivity index (χ0) is 24.1. The second kappa shape index (κ2) is 10.6. The van der Waals surface area contributed by atoms with Crippen LogP contribution in [0.5, 0.6) is 0 Å². The molecule has 3 aromatic carbocycles. The molecule has 0 aromatic heterocycles. The van der Waals surface area contributed by atoms with Gasteiger partial charge >= 0.3 is 0 Å². The van der Waals surface area contributed by atoms with Crippen LogP contribution in [0, 0.1) is 5.92 Å². The number of hydrazone groups is 1. The Kier molecular flexibility index (Phi) is 7.57. The molecule has 1 amide bonds. The Morgan fingerprint density at radius 1 is 1.00 bits per heavy atom. The van der Waals surface area contributed by atoms with Crippen molar-refractivity contribution < 1.29 is 9.53 Å². The Labute approximate surface area is 210 Å². The number of benzene rings is 3. The first-order chi connectivity index (χ1) is 16.5. The normalized spacial score (nSPS) is 18.4. The Hall–Kier alpha value is -2.86. The minimum absolute atomic E-state index is 0.164. The molecule has 0 aliphatic carbocycles. The standard InChI is InChI=1S/C27H27Cl2N3O2/c1-19(18-20-10-5-7-14-23(20)28)26(33)32-27(16-9-17-30,21-11-3-2-4-12-21)34-25(31-32)22-13-6-8-15-24(22)29/h2-8,10-15,19H,9,16-18,30H2,1H3. The highest BCUT2D eigenvalue weighted by Gasteiger charge is 2.50. The summed E-state index contributed by atoms with van der Waals surface area (Å²) in [6.45, 7) is 2.34. The van der Waals surface area contributed by atoms with Crippen LogP contribution < -0.4 is 5.73 Å². The molecule has 34 heavy (non-hydrogen) atoms. The summed E-state index contributed by atoms with van der Waals surface area (Å²) in [7, 11) is 0. The highest BCUT2D eigenvalue weighted by Crippen LogP contribution is 2.42. The molecule has 0 spiro atoms. The summed E-state index contributed by atoms with van der Waals surface area (Å²) in [6, 6.07) is 24.5. The van der Waals surface area contributed by atoms with Crippen molar-refractivity contribution in [3.63, 3.8) is 0 Å². The van der Waals surface area contributed by atoms with Gasteiger partial charge in [0.2, 0.25) is 17.5 Å². The fourth-order valence-electron chi connectivity index (χ4n) is 4.18. The number of rotatable bonds is 8.